The number of benzene rings is 1. The zero-order valence-electron chi connectivity index (χ0n) is 17.2. The fraction of sp³-hybridized carbons (Fsp3) is 0.429. The Morgan fingerprint density at radius 3 is 2.57 bits per heavy atom. The maximum absolute atomic E-state index is 5.42. The van der Waals surface area contributed by atoms with Crippen LogP contribution in [-0.2, 0) is 4.74 Å². The van der Waals surface area contributed by atoms with Gasteiger partial charge in [0, 0.05) is 42.6 Å². The number of ether oxygens (including phenoxy) is 3. The molecule has 0 radical (unpaired) electrons. The molecule has 2 aromatic heterocycles. The van der Waals surface area contributed by atoms with Gasteiger partial charge in [-0.1, -0.05) is 0 Å². The first-order valence-corrected chi connectivity index (χ1v) is 9.50. The van der Waals surface area contributed by atoms with Gasteiger partial charge < -0.3 is 19.5 Å². The Labute approximate surface area is 165 Å². The number of nitrogens with zero attached hydrogens (tertiary/aromatic N) is 3. The summed E-state index contributed by atoms with van der Waals surface area (Å²) in [4.78, 5) is 4.70. The van der Waals surface area contributed by atoms with Crippen molar-refractivity contribution in [1.29, 1.82) is 0 Å². The first-order valence-electron chi connectivity index (χ1n) is 9.50. The SMILES string of the molecule is CCOCCCNc1c(C)c(C)nc2cc(-c3ccc(OC)c(OC)c3)nn12. The second kappa shape index (κ2) is 8.93. The number of fused-ring (bicyclic) bond motifs is 1. The molecule has 0 bridgehead atoms. The third-order valence-corrected chi connectivity index (χ3v) is 4.72. The molecule has 0 aliphatic carbocycles. The minimum Gasteiger partial charge on any atom is -0.493 e. The highest BCUT2D eigenvalue weighted by Crippen LogP contribution is 2.32. The van der Waals surface area contributed by atoms with E-state index in [1.54, 1.807) is 14.2 Å². The topological polar surface area (TPSA) is 69.9 Å². The van der Waals surface area contributed by atoms with Gasteiger partial charge in [0.25, 0.3) is 0 Å². The molecule has 1 aromatic carbocycles. The first-order chi connectivity index (χ1) is 13.6. The number of anilines is 1. The van der Waals surface area contributed by atoms with Crippen molar-refractivity contribution in [2.45, 2.75) is 27.2 Å². The molecular formula is C21H28N4O3. The van der Waals surface area contributed by atoms with E-state index in [-0.39, 0.29) is 0 Å². The molecule has 0 saturated heterocycles. The van der Waals surface area contributed by atoms with Crippen LogP contribution < -0.4 is 14.8 Å². The molecule has 3 aromatic rings. The smallest absolute Gasteiger partial charge is 0.161 e. The van der Waals surface area contributed by atoms with Crippen molar-refractivity contribution in [3.63, 3.8) is 0 Å². The maximum Gasteiger partial charge on any atom is 0.161 e. The highest BCUT2D eigenvalue weighted by Gasteiger charge is 2.14. The predicted octanol–water partition coefficient (Wildman–Crippen LogP) is 3.87. The van der Waals surface area contributed by atoms with Crippen molar-refractivity contribution >= 4 is 11.5 Å². The average molecular weight is 384 g/mol. The van der Waals surface area contributed by atoms with E-state index in [2.05, 4.69) is 12.2 Å². The summed E-state index contributed by atoms with van der Waals surface area (Å²) in [7, 11) is 3.26. The van der Waals surface area contributed by atoms with Crippen LogP contribution in [0, 0.1) is 13.8 Å². The second-order valence-corrected chi connectivity index (χ2v) is 6.52. The summed E-state index contributed by atoms with van der Waals surface area (Å²) in [6, 6.07) is 7.77. The van der Waals surface area contributed by atoms with Crippen molar-refractivity contribution in [1.82, 2.24) is 14.6 Å². The monoisotopic (exact) mass is 384 g/mol. The molecule has 0 atom stereocenters. The van der Waals surface area contributed by atoms with E-state index in [9.17, 15) is 0 Å². The van der Waals surface area contributed by atoms with Gasteiger partial charge in [-0.15, -0.1) is 0 Å². The predicted molar refractivity (Wildman–Crippen MR) is 111 cm³/mol. The molecule has 0 amide bonds. The number of nitrogens with one attached hydrogen (secondary N) is 1. The molecule has 28 heavy (non-hydrogen) atoms. The number of rotatable bonds is 9. The lowest BCUT2D eigenvalue weighted by atomic mass is 10.1. The molecule has 0 aliphatic heterocycles. The fourth-order valence-corrected chi connectivity index (χ4v) is 3.07. The Morgan fingerprint density at radius 2 is 1.86 bits per heavy atom. The van der Waals surface area contributed by atoms with Crippen molar-refractivity contribution < 1.29 is 14.2 Å². The van der Waals surface area contributed by atoms with Gasteiger partial charge in [0.1, 0.15) is 5.82 Å². The Kier molecular flexibility index (Phi) is 6.36. The Balaban J connectivity index is 1.95. The zero-order chi connectivity index (χ0) is 20.1. The van der Waals surface area contributed by atoms with Crippen LogP contribution in [0.5, 0.6) is 11.5 Å². The van der Waals surface area contributed by atoms with Crippen molar-refractivity contribution in [3.05, 3.63) is 35.5 Å². The third-order valence-electron chi connectivity index (χ3n) is 4.72. The van der Waals surface area contributed by atoms with Gasteiger partial charge in [0.2, 0.25) is 0 Å². The van der Waals surface area contributed by atoms with E-state index in [1.165, 1.54) is 0 Å². The lowest BCUT2D eigenvalue weighted by Crippen LogP contribution is -2.12. The van der Waals surface area contributed by atoms with Crippen LogP contribution in [0.15, 0.2) is 24.3 Å². The summed E-state index contributed by atoms with van der Waals surface area (Å²) in [5.41, 5.74) is 4.65. The van der Waals surface area contributed by atoms with E-state index >= 15 is 0 Å². The van der Waals surface area contributed by atoms with Crippen LogP contribution in [0.1, 0.15) is 24.6 Å². The molecule has 0 spiro atoms. The molecule has 0 saturated carbocycles. The van der Waals surface area contributed by atoms with Crippen molar-refractivity contribution in [2.75, 3.05) is 39.3 Å². The summed E-state index contributed by atoms with van der Waals surface area (Å²) in [5, 5.41) is 8.29. The van der Waals surface area contributed by atoms with Crippen molar-refractivity contribution in [3.8, 4) is 22.8 Å². The van der Waals surface area contributed by atoms with Gasteiger partial charge in [-0.05, 0) is 45.4 Å². The summed E-state index contributed by atoms with van der Waals surface area (Å²) in [5.74, 6) is 2.33. The number of aromatic nitrogens is 3. The third kappa shape index (κ3) is 4.04. The van der Waals surface area contributed by atoms with Gasteiger partial charge in [-0.25, -0.2) is 4.98 Å². The average Bonchev–Trinajstić information content (AvgIpc) is 3.13. The van der Waals surface area contributed by atoms with Crippen LogP contribution in [0.25, 0.3) is 16.9 Å². The lowest BCUT2D eigenvalue weighted by molar-refractivity contribution is 0.147. The van der Waals surface area contributed by atoms with Crippen molar-refractivity contribution in [2.24, 2.45) is 0 Å². The van der Waals surface area contributed by atoms with Crippen LogP contribution in [0.2, 0.25) is 0 Å². The van der Waals surface area contributed by atoms with Gasteiger partial charge in [-0.3, -0.25) is 0 Å². The minimum absolute atomic E-state index is 0.673. The van der Waals surface area contributed by atoms with E-state index in [1.807, 2.05) is 42.6 Å². The highest BCUT2D eigenvalue weighted by molar-refractivity contribution is 5.69. The number of hydrogen-bond donors (Lipinski definition) is 1. The number of hydrogen-bond acceptors (Lipinski definition) is 6. The van der Waals surface area contributed by atoms with Gasteiger partial charge in [-0.2, -0.15) is 9.61 Å². The first kappa shape index (κ1) is 19.9. The molecular weight excluding hydrogens is 356 g/mol. The lowest BCUT2D eigenvalue weighted by Gasteiger charge is -2.13. The standard InChI is InChI=1S/C21H28N4O3/c1-6-28-11-7-10-22-21-14(2)15(3)23-20-13-17(24-25(20)21)16-8-9-18(26-4)19(12-16)27-5/h8-9,12-13,22H,6-7,10-11H2,1-5H3. The van der Waals surface area contributed by atoms with E-state index in [4.69, 9.17) is 24.3 Å². The molecule has 0 fully saturated rings. The fourth-order valence-electron chi connectivity index (χ4n) is 3.07. The quantitative estimate of drug-likeness (QED) is 0.565. The number of aryl methyl sites for hydroxylation is 1. The number of methoxy groups -OCH3 is 2. The second-order valence-electron chi connectivity index (χ2n) is 6.52. The summed E-state index contributed by atoms with van der Waals surface area (Å²) >= 11 is 0. The molecule has 3 rings (SSSR count). The van der Waals surface area contributed by atoms with Crippen LogP contribution in [-0.4, -0.2) is 48.6 Å². The van der Waals surface area contributed by atoms with Crippen LogP contribution >= 0.6 is 0 Å². The summed E-state index contributed by atoms with van der Waals surface area (Å²) in [6.07, 6.45) is 0.931. The van der Waals surface area contributed by atoms with Crippen LogP contribution in [0.3, 0.4) is 0 Å². The van der Waals surface area contributed by atoms with E-state index in [0.717, 1.165) is 60.2 Å². The maximum atomic E-state index is 5.42. The zero-order valence-corrected chi connectivity index (χ0v) is 17.2. The molecule has 150 valence electrons. The Morgan fingerprint density at radius 1 is 1.07 bits per heavy atom. The Bertz CT molecular complexity index is 952. The van der Waals surface area contributed by atoms with Crippen LogP contribution in [0.4, 0.5) is 5.82 Å². The molecule has 0 unspecified atom stereocenters. The molecule has 2 heterocycles. The minimum atomic E-state index is 0.673. The molecule has 1 N–H and O–H groups in total. The van der Waals surface area contributed by atoms with E-state index in [0.29, 0.717) is 11.5 Å². The largest absolute Gasteiger partial charge is 0.493 e. The molecule has 7 nitrogen and oxygen atoms in total. The Hall–Kier alpha value is -2.80. The molecule has 7 heteroatoms. The summed E-state index contributed by atoms with van der Waals surface area (Å²) in [6.45, 7) is 8.38. The normalized spacial score (nSPS) is 11.0. The summed E-state index contributed by atoms with van der Waals surface area (Å²) < 4.78 is 18.0. The van der Waals surface area contributed by atoms with Gasteiger partial charge in [0.15, 0.2) is 17.1 Å². The van der Waals surface area contributed by atoms with E-state index < -0.39 is 0 Å². The highest BCUT2D eigenvalue weighted by atomic mass is 16.5. The van der Waals surface area contributed by atoms with Gasteiger partial charge in [0.05, 0.1) is 19.9 Å². The van der Waals surface area contributed by atoms with Gasteiger partial charge >= 0.3 is 0 Å². The molecule has 0 aliphatic rings.